The molecule has 1 aliphatic rings. The molecule has 0 radical (unpaired) electrons. The highest BCUT2D eigenvalue weighted by Gasteiger charge is 2.24. The Morgan fingerprint density at radius 1 is 0.879 bits per heavy atom. The first kappa shape index (κ1) is 23.9. The molecule has 2 N–H and O–H groups in total. The van der Waals surface area contributed by atoms with Crippen LogP contribution in [-0.4, -0.2) is 71.0 Å². The smallest absolute Gasteiger partial charge is 0.328 e. The summed E-state index contributed by atoms with van der Waals surface area (Å²) in [7, 11) is 2.15. The second-order valence-corrected chi connectivity index (χ2v) is 7.69. The first-order chi connectivity index (χ1) is 15.8. The fourth-order valence-corrected chi connectivity index (χ4v) is 3.53. The molecule has 0 saturated carbocycles. The molecule has 0 atom stereocenters. The molecule has 0 amide bonds. The molecular formula is C25H26N2O6. The van der Waals surface area contributed by atoms with E-state index in [1.165, 1.54) is 0 Å². The second kappa shape index (κ2) is 11.2. The van der Waals surface area contributed by atoms with Gasteiger partial charge in [0.1, 0.15) is 5.58 Å². The Bertz CT molecular complexity index is 1130. The molecular weight excluding hydrogens is 424 g/mol. The number of para-hydroxylation sites is 1. The minimum Gasteiger partial charge on any atom is -0.478 e. The third-order valence-corrected chi connectivity index (χ3v) is 5.29. The Balaban J connectivity index is 0.000000331. The third-order valence-electron chi connectivity index (χ3n) is 5.29. The lowest BCUT2D eigenvalue weighted by Crippen LogP contribution is -2.44. The monoisotopic (exact) mass is 450 g/mol. The predicted octanol–water partition coefficient (Wildman–Crippen LogP) is 3.12. The van der Waals surface area contributed by atoms with Gasteiger partial charge in [-0.3, -0.25) is 9.69 Å². The topological polar surface area (TPSA) is 111 Å². The van der Waals surface area contributed by atoms with Gasteiger partial charge in [-0.15, -0.1) is 0 Å². The molecule has 0 unspecified atom stereocenters. The molecule has 1 saturated heterocycles. The summed E-state index contributed by atoms with van der Waals surface area (Å²) >= 11 is 0. The number of nitrogens with zero attached hydrogens (tertiary/aromatic N) is 2. The molecule has 172 valence electrons. The van der Waals surface area contributed by atoms with Crippen molar-refractivity contribution in [2.45, 2.75) is 6.54 Å². The lowest BCUT2D eigenvalue weighted by atomic mass is 10.0. The number of carbonyl (C=O) groups is 3. The third kappa shape index (κ3) is 6.61. The second-order valence-electron chi connectivity index (χ2n) is 7.69. The van der Waals surface area contributed by atoms with Crippen LogP contribution in [0.4, 0.5) is 0 Å². The molecule has 0 spiro atoms. The van der Waals surface area contributed by atoms with Crippen molar-refractivity contribution in [2.24, 2.45) is 0 Å². The van der Waals surface area contributed by atoms with Gasteiger partial charge in [-0.25, -0.2) is 9.59 Å². The standard InChI is InChI=1S/C21H22N2O2.C4H4O4/c1-22-11-13-23(14-12-22)15-18-17-9-5-6-10-19(17)25-21(18)20(24)16-7-3-2-4-8-16;5-3(6)1-2-4(7)8/h2-10H,11-15H2,1H3;1-2H,(H,5,6)(H,7,8)/b;2-1+. The highest BCUT2D eigenvalue weighted by molar-refractivity contribution is 6.10. The maximum Gasteiger partial charge on any atom is 0.328 e. The van der Waals surface area contributed by atoms with Crippen LogP contribution >= 0.6 is 0 Å². The van der Waals surface area contributed by atoms with Crippen LogP contribution in [0.1, 0.15) is 21.7 Å². The number of fused-ring (bicyclic) bond motifs is 1. The lowest BCUT2D eigenvalue weighted by molar-refractivity contribution is -0.134. The minimum absolute atomic E-state index is 0.0408. The number of carboxylic acid groups (broad SMARTS) is 2. The number of piperazine rings is 1. The molecule has 33 heavy (non-hydrogen) atoms. The van der Waals surface area contributed by atoms with Crippen LogP contribution in [0.2, 0.25) is 0 Å². The van der Waals surface area contributed by atoms with E-state index >= 15 is 0 Å². The van der Waals surface area contributed by atoms with Crippen LogP contribution in [-0.2, 0) is 16.1 Å². The Morgan fingerprint density at radius 3 is 2.06 bits per heavy atom. The van der Waals surface area contributed by atoms with Crippen LogP contribution in [0.25, 0.3) is 11.0 Å². The number of ketones is 1. The summed E-state index contributed by atoms with van der Waals surface area (Å²) in [6, 6.07) is 17.3. The van der Waals surface area contributed by atoms with Gasteiger partial charge in [-0.1, -0.05) is 48.5 Å². The van der Waals surface area contributed by atoms with Gasteiger partial charge < -0.3 is 19.5 Å². The van der Waals surface area contributed by atoms with E-state index in [0.29, 0.717) is 23.5 Å². The average molecular weight is 450 g/mol. The summed E-state index contributed by atoms with van der Waals surface area (Å²) in [6.45, 7) is 4.87. The Hall–Kier alpha value is -3.75. The van der Waals surface area contributed by atoms with Crippen LogP contribution in [0.5, 0.6) is 0 Å². The van der Waals surface area contributed by atoms with Gasteiger partial charge in [0.05, 0.1) is 0 Å². The molecule has 4 rings (SSSR count). The van der Waals surface area contributed by atoms with Crippen molar-refractivity contribution in [1.82, 2.24) is 9.80 Å². The maximum absolute atomic E-state index is 13.0. The molecule has 2 aromatic carbocycles. The van der Waals surface area contributed by atoms with E-state index in [1.807, 2.05) is 54.6 Å². The normalized spacial score (nSPS) is 14.7. The fourth-order valence-electron chi connectivity index (χ4n) is 3.53. The van der Waals surface area contributed by atoms with E-state index in [4.69, 9.17) is 14.6 Å². The van der Waals surface area contributed by atoms with Crippen molar-refractivity contribution in [3.63, 3.8) is 0 Å². The molecule has 8 heteroatoms. The minimum atomic E-state index is -1.26. The molecule has 3 aromatic rings. The van der Waals surface area contributed by atoms with Crippen LogP contribution in [0.15, 0.2) is 71.2 Å². The molecule has 1 fully saturated rings. The van der Waals surface area contributed by atoms with E-state index in [0.717, 1.165) is 49.3 Å². The van der Waals surface area contributed by atoms with E-state index in [1.54, 1.807) is 0 Å². The molecule has 2 heterocycles. The zero-order valence-corrected chi connectivity index (χ0v) is 18.3. The number of furan rings is 1. The fraction of sp³-hybridized carbons (Fsp3) is 0.240. The van der Waals surface area contributed by atoms with E-state index < -0.39 is 11.9 Å². The summed E-state index contributed by atoms with van der Waals surface area (Å²) in [4.78, 5) is 36.9. The Kier molecular flexibility index (Phi) is 8.12. The number of benzene rings is 2. The van der Waals surface area contributed by atoms with Crippen molar-refractivity contribution < 1.29 is 29.0 Å². The molecule has 0 aliphatic carbocycles. The number of hydrogen-bond donors (Lipinski definition) is 2. The van der Waals surface area contributed by atoms with Crippen molar-refractivity contribution in [1.29, 1.82) is 0 Å². The summed E-state index contributed by atoms with van der Waals surface area (Å²) in [5.41, 5.74) is 2.46. The first-order valence-corrected chi connectivity index (χ1v) is 10.5. The first-order valence-electron chi connectivity index (χ1n) is 10.5. The van der Waals surface area contributed by atoms with Crippen LogP contribution in [0.3, 0.4) is 0 Å². The number of rotatable bonds is 6. The summed E-state index contributed by atoms with van der Waals surface area (Å²) < 4.78 is 5.99. The Morgan fingerprint density at radius 2 is 1.45 bits per heavy atom. The van der Waals surface area contributed by atoms with Crippen molar-refractivity contribution in [3.05, 3.63) is 83.6 Å². The van der Waals surface area contributed by atoms with Gasteiger partial charge in [-0.2, -0.15) is 0 Å². The zero-order chi connectivity index (χ0) is 23.8. The van der Waals surface area contributed by atoms with Crippen LogP contribution in [0, 0.1) is 0 Å². The largest absolute Gasteiger partial charge is 0.478 e. The van der Waals surface area contributed by atoms with Crippen molar-refractivity contribution in [2.75, 3.05) is 33.2 Å². The lowest BCUT2D eigenvalue weighted by Gasteiger charge is -2.32. The SMILES string of the molecule is CN1CCN(Cc2c(C(=O)c3ccccc3)oc3ccccc23)CC1.O=C(O)/C=C/C(=O)O. The summed E-state index contributed by atoms with van der Waals surface area (Å²) in [6.07, 6.45) is 1.12. The number of carbonyl (C=O) groups excluding carboxylic acids is 1. The molecule has 8 nitrogen and oxygen atoms in total. The summed E-state index contributed by atoms with van der Waals surface area (Å²) in [5, 5.41) is 16.7. The number of carboxylic acids is 2. The number of aliphatic carboxylic acids is 2. The van der Waals surface area contributed by atoms with Gasteiger partial charge in [-0.05, 0) is 13.1 Å². The van der Waals surface area contributed by atoms with Gasteiger partial charge >= 0.3 is 11.9 Å². The van der Waals surface area contributed by atoms with E-state index in [-0.39, 0.29) is 5.78 Å². The van der Waals surface area contributed by atoms with Crippen molar-refractivity contribution in [3.8, 4) is 0 Å². The van der Waals surface area contributed by atoms with Gasteiger partial charge in [0.25, 0.3) is 0 Å². The van der Waals surface area contributed by atoms with Crippen LogP contribution < -0.4 is 0 Å². The molecule has 1 aromatic heterocycles. The average Bonchev–Trinajstić information content (AvgIpc) is 3.18. The van der Waals surface area contributed by atoms with Gasteiger partial charge in [0.15, 0.2) is 5.76 Å². The molecule has 1 aliphatic heterocycles. The van der Waals surface area contributed by atoms with Gasteiger partial charge in [0.2, 0.25) is 5.78 Å². The predicted molar refractivity (Wildman–Crippen MR) is 123 cm³/mol. The number of likely N-dealkylation sites (N-methyl/N-ethyl adjacent to an activating group) is 1. The zero-order valence-electron chi connectivity index (χ0n) is 18.3. The molecule has 0 bridgehead atoms. The van der Waals surface area contributed by atoms with Gasteiger partial charge in [0, 0.05) is 61.4 Å². The van der Waals surface area contributed by atoms with Crippen molar-refractivity contribution >= 4 is 28.7 Å². The maximum atomic E-state index is 13.0. The van der Waals surface area contributed by atoms with E-state index in [9.17, 15) is 14.4 Å². The van der Waals surface area contributed by atoms with E-state index in [2.05, 4.69) is 16.8 Å². The summed E-state index contributed by atoms with van der Waals surface area (Å²) in [5.74, 6) is -2.08. The Labute approximate surface area is 191 Å². The number of hydrogen-bond acceptors (Lipinski definition) is 6. The highest BCUT2D eigenvalue weighted by Crippen LogP contribution is 2.29. The quantitative estimate of drug-likeness (QED) is 0.435. The highest BCUT2D eigenvalue weighted by atomic mass is 16.4.